The molecule has 1 aromatic carbocycles. The van der Waals surface area contributed by atoms with E-state index in [4.69, 9.17) is 0 Å². The van der Waals surface area contributed by atoms with E-state index in [-0.39, 0.29) is 0 Å². The van der Waals surface area contributed by atoms with Crippen LogP contribution in [0.1, 0.15) is 17.5 Å². The van der Waals surface area contributed by atoms with Crippen LogP contribution in [0.4, 0.5) is 5.69 Å². The normalized spacial score (nSPS) is 25.1. The molecule has 2 heteroatoms. The molecule has 2 aliphatic rings. The van der Waals surface area contributed by atoms with E-state index in [1.807, 2.05) is 0 Å². The summed E-state index contributed by atoms with van der Waals surface area (Å²) in [4.78, 5) is 5.11. The van der Waals surface area contributed by atoms with Crippen molar-refractivity contribution in [3.05, 3.63) is 29.3 Å². The Kier molecular flexibility index (Phi) is 2.40. The van der Waals surface area contributed by atoms with Crippen molar-refractivity contribution in [1.29, 1.82) is 0 Å². The molecular formula is C14H20N2. The van der Waals surface area contributed by atoms with Crippen molar-refractivity contribution < 1.29 is 0 Å². The molecule has 2 aliphatic heterocycles. The van der Waals surface area contributed by atoms with Crippen molar-refractivity contribution in [3.63, 3.8) is 0 Å². The number of benzene rings is 1. The van der Waals surface area contributed by atoms with Crippen LogP contribution in [0.15, 0.2) is 18.2 Å². The minimum absolute atomic E-state index is 0.712. The smallest absolute Gasteiger partial charge is 0.0458 e. The minimum Gasteiger partial charge on any atom is -0.367 e. The van der Waals surface area contributed by atoms with Gasteiger partial charge < -0.3 is 9.80 Å². The number of likely N-dealkylation sites (N-methyl/N-ethyl adjacent to an activating group) is 1. The zero-order valence-electron chi connectivity index (χ0n) is 10.2. The molecular weight excluding hydrogens is 196 g/mol. The second-order valence-electron chi connectivity index (χ2n) is 5.30. The Balaban J connectivity index is 1.95. The van der Waals surface area contributed by atoms with Gasteiger partial charge in [-0.3, -0.25) is 0 Å². The molecule has 1 aromatic rings. The summed E-state index contributed by atoms with van der Waals surface area (Å²) in [7, 11) is 2.25. The standard InChI is InChI=1S/C14H20N2/c1-11-4-5-12-9-13-10-15(2)6-3-7-16(13)14(12)8-11/h4-5,8,13H,3,6-7,9-10H2,1-2H3. The SMILES string of the molecule is Cc1ccc2c(c1)N1CCCN(C)CC1C2. The quantitative estimate of drug-likeness (QED) is 0.655. The molecule has 0 aromatic heterocycles. The molecule has 0 N–H and O–H groups in total. The van der Waals surface area contributed by atoms with Gasteiger partial charge in [-0.2, -0.15) is 0 Å². The van der Waals surface area contributed by atoms with Gasteiger partial charge in [-0.15, -0.1) is 0 Å². The first-order valence-electron chi connectivity index (χ1n) is 6.29. The maximum absolute atomic E-state index is 2.63. The maximum atomic E-state index is 2.63. The number of fused-ring (bicyclic) bond motifs is 3. The maximum Gasteiger partial charge on any atom is 0.0458 e. The zero-order chi connectivity index (χ0) is 11.1. The summed E-state index contributed by atoms with van der Waals surface area (Å²) >= 11 is 0. The lowest BCUT2D eigenvalue weighted by Gasteiger charge is -2.26. The molecule has 86 valence electrons. The number of aryl methyl sites for hydroxylation is 1. The Morgan fingerprint density at radius 3 is 3.00 bits per heavy atom. The molecule has 1 atom stereocenters. The largest absolute Gasteiger partial charge is 0.367 e. The second-order valence-corrected chi connectivity index (χ2v) is 5.30. The van der Waals surface area contributed by atoms with Gasteiger partial charge in [0, 0.05) is 24.8 Å². The van der Waals surface area contributed by atoms with Gasteiger partial charge in [0.2, 0.25) is 0 Å². The fourth-order valence-electron chi connectivity index (χ4n) is 3.10. The van der Waals surface area contributed by atoms with Gasteiger partial charge in [0.25, 0.3) is 0 Å². The van der Waals surface area contributed by atoms with Crippen molar-refractivity contribution in [2.24, 2.45) is 0 Å². The van der Waals surface area contributed by atoms with Crippen molar-refractivity contribution in [2.45, 2.75) is 25.8 Å². The first-order chi connectivity index (χ1) is 7.74. The highest BCUT2D eigenvalue weighted by Gasteiger charge is 2.31. The van der Waals surface area contributed by atoms with Gasteiger partial charge in [0.1, 0.15) is 0 Å². The fraction of sp³-hybridized carbons (Fsp3) is 0.571. The van der Waals surface area contributed by atoms with E-state index in [9.17, 15) is 0 Å². The monoisotopic (exact) mass is 216 g/mol. The number of nitrogens with zero attached hydrogens (tertiary/aromatic N) is 2. The second kappa shape index (κ2) is 3.77. The van der Waals surface area contributed by atoms with Crippen LogP contribution in [-0.2, 0) is 6.42 Å². The topological polar surface area (TPSA) is 6.48 Å². The third-order valence-corrected chi connectivity index (χ3v) is 3.91. The highest BCUT2D eigenvalue weighted by atomic mass is 15.2. The Bertz CT molecular complexity index is 400. The van der Waals surface area contributed by atoms with Gasteiger partial charge in [-0.1, -0.05) is 12.1 Å². The summed E-state index contributed by atoms with van der Waals surface area (Å²) in [6.45, 7) is 5.88. The number of hydrogen-bond acceptors (Lipinski definition) is 2. The molecule has 0 saturated carbocycles. The molecule has 16 heavy (non-hydrogen) atoms. The summed E-state index contributed by atoms with van der Waals surface area (Å²) in [5.41, 5.74) is 4.43. The molecule has 0 aliphatic carbocycles. The van der Waals surface area contributed by atoms with Crippen molar-refractivity contribution in [2.75, 3.05) is 31.6 Å². The van der Waals surface area contributed by atoms with E-state index in [2.05, 4.69) is 42.0 Å². The molecule has 3 rings (SSSR count). The van der Waals surface area contributed by atoms with E-state index in [0.717, 1.165) is 0 Å². The Labute approximate surface area is 97.9 Å². The van der Waals surface area contributed by atoms with E-state index in [1.165, 1.54) is 43.7 Å². The van der Waals surface area contributed by atoms with Crippen molar-refractivity contribution in [3.8, 4) is 0 Å². The van der Waals surface area contributed by atoms with Crippen LogP contribution in [0.25, 0.3) is 0 Å². The lowest BCUT2D eigenvalue weighted by molar-refractivity contribution is 0.333. The van der Waals surface area contributed by atoms with Crippen LogP contribution >= 0.6 is 0 Å². The highest BCUT2D eigenvalue weighted by Crippen LogP contribution is 2.34. The fourth-order valence-corrected chi connectivity index (χ4v) is 3.10. The van der Waals surface area contributed by atoms with Gasteiger partial charge in [0.05, 0.1) is 0 Å². The Morgan fingerprint density at radius 2 is 2.12 bits per heavy atom. The summed E-state index contributed by atoms with van der Waals surface area (Å²) < 4.78 is 0. The molecule has 0 radical (unpaired) electrons. The molecule has 0 spiro atoms. The molecule has 1 fully saturated rings. The van der Waals surface area contributed by atoms with Gasteiger partial charge in [0.15, 0.2) is 0 Å². The van der Waals surface area contributed by atoms with Gasteiger partial charge in [-0.05, 0) is 50.6 Å². The van der Waals surface area contributed by atoms with Crippen LogP contribution in [-0.4, -0.2) is 37.6 Å². The lowest BCUT2D eigenvalue weighted by atomic mass is 10.1. The Hall–Kier alpha value is -1.02. The van der Waals surface area contributed by atoms with Crippen molar-refractivity contribution >= 4 is 5.69 Å². The first kappa shape index (κ1) is 10.2. The van der Waals surface area contributed by atoms with E-state index in [0.29, 0.717) is 6.04 Å². The van der Waals surface area contributed by atoms with Crippen LogP contribution in [0.5, 0.6) is 0 Å². The van der Waals surface area contributed by atoms with Gasteiger partial charge >= 0.3 is 0 Å². The van der Waals surface area contributed by atoms with Crippen molar-refractivity contribution in [1.82, 2.24) is 4.90 Å². The van der Waals surface area contributed by atoms with E-state index < -0.39 is 0 Å². The van der Waals surface area contributed by atoms with Crippen LogP contribution in [0.3, 0.4) is 0 Å². The Morgan fingerprint density at radius 1 is 1.25 bits per heavy atom. The number of hydrogen-bond donors (Lipinski definition) is 0. The average Bonchev–Trinajstić information content (AvgIpc) is 2.46. The minimum atomic E-state index is 0.712. The van der Waals surface area contributed by atoms with Crippen LogP contribution in [0, 0.1) is 6.92 Å². The predicted molar refractivity (Wildman–Crippen MR) is 68.1 cm³/mol. The first-order valence-corrected chi connectivity index (χ1v) is 6.29. The summed E-state index contributed by atoms with van der Waals surface area (Å²) in [5.74, 6) is 0. The third-order valence-electron chi connectivity index (χ3n) is 3.91. The molecule has 1 saturated heterocycles. The lowest BCUT2D eigenvalue weighted by Crippen LogP contribution is -2.37. The highest BCUT2D eigenvalue weighted by molar-refractivity contribution is 5.61. The van der Waals surface area contributed by atoms with Crippen LogP contribution < -0.4 is 4.90 Å². The summed E-state index contributed by atoms with van der Waals surface area (Å²) in [5, 5.41) is 0. The van der Waals surface area contributed by atoms with Gasteiger partial charge in [-0.25, -0.2) is 0 Å². The predicted octanol–water partition coefficient (Wildman–Crippen LogP) is 2.06. The average molecular weight is 216 g/mol. The summed E-state index contributed by atoms with van der Waals surface area (Å²) in [6.07, 6.45) is 2.53. The van der Waals surface area contributed by atoms with E-state index in [1.54, 1.807) is 5.56 Å². The molecule has 0 amide bonds. The molecule has 1 unspecified atom stereocenters. The zero-order valence-corrected chi connectivity index (χ0v) is 10.2. The third kappa shape index (κ3) is 1.61. The number of anilines is 1. The molecule has 2 heterocycles. The summed E-state index contributed by atoms with van der Waals surface area (Å²) in [6, 6.07) is 7.64. The molecule has 0 bridgehead atoms. The molecule has 2 nitrogen and oxygen atoms in total. The van der Waals surface area contributed by atoms with Crippen LogP contribution in [0.2, 0.25) is 0 Å². The van der Waals surface area contributed by atoms with E-state index >= 15 is 0 Å². The number of rotatable bonds is 0.